The van der Waals surface area contributed by atoms with Gasteiger partial charge in [0.2, 0.25) is 0 Å². The normalized spacial score (nSPS) is 24.6. The molecule has 2 saturated heterocycles. The van der Waals surface area contributed by atoms with E-state index in [1.54, 1.807) is 6.26 Å². The van der Waals surface area contributed by atoms with Gasteiger partial charge >= 0.3 is 0 Å². The number of pyridine rings is 1. The van der Waals surface area contributed by atoms with Crippen LogP contribution in [0, 0.1) is 5.92 Å². The van der Waals surface area contributed by atoms with E-state index in [1.165, 1.54) is 32.2 Å². The summed E-state index contributed by atoms with van der Waals surface area (Å²) in [5.41, 5.74) is 0.939. The van der Waals surface area contributed by atoms with Crippen LogP contribution in [-0.4, -0.2) is 30.7 Å². The van der Waals surface area contributed by atoms with Gasteiger partial charge in [-0.15, -0.1) is 0 Å². The molecule has 0 spiro atoms. The van der Waals surface area contributed by atoms with Crippen LogP contribution in [0.4, 0.5) is 5.82 Å². The number of anilines is 1. The van der Waals surface area contributed by atoms with Gasteiger partial charge in [0, 0.05) is 25.3 Å². The molecule has 4 rings (SSSR count). The largest absolute Gasteiger partial charge is 0.464 e. The first kappa shape index (κ1) is 12.2. The Morgan fingerprint density at radius 1 is 1.20 bits per heavy atom. The van der Waals surface area contributed by atoms with Crippen molar-refractivity contribution >= 4 is 16.8 Å². The van der Waals surface area contributed by atoms with Crippen LogP contribution in [0.1, 0.15) is 25.7 Å². The fourth-order valence-electron chi connectivity index (χ4n) is 3.76. The third kappa shape index (κ3) is 2.08. The van der Waals surface area contributed by atoms with E-state index in [9.17, 15) is 0 Å². The number of hydrogen-bond acceptors (Lipinski definition) is 4. The maximum absolute atomic E-state index is 5.48. The van der Waals surface area contributed by atoms with Gasteiger partial charge in [-0.05, 0) is 50.3 Å². The average molecular weight is 271 g/mol. The standard InChI is InChI=1S/C16H21N3O/c1-2-14(17-7-1)12-4-9-19(10-5-12)16-13-6-11-20-15(13)3-8-18-16/h3,6,8,11-12,14,17H,1-2,4-5,7,9-10H2. The molecule has 0 saturated carbocycles. The minimum Gasteiger partial charge on any atom is -0.464 e. The maximum atomic E-state index is 5.48. The molecule has 0 bridgehead atoms. The fourth-order valence-corrected chi connectivity index (χ4v) is 3.76. The monoisotopic (exact) mass is 271 g/mol. The molecule has 4 heteroatoms. The van der Waals surface area contributed by atoms with Crippen molar-refractivity contribution < 1.29 is 4.42 Å². The smallest absolute Gasteiger partial charge is 0.139 e. The highest BCUT2D eigenvalue weighted by Gasteiger charge is 2.29. The van der Waals surface area contributed by atoms with Crippen LogP contribution in [0.2, 0.25) is 0 Å². The number of piperidine rings is 1. The molecule has 0 aliphatic carbocycles. The quantitative estimate of drug-likeness (QED) is 0.912. The highest BCUT2D eigenvalue weighted by atomic mass is 16.3. The first-order chi connectivity index (χ1) is 9.92. The molecule has 2 aromatic heterocycles. The maximum Gasteiger partial charge on any atom is 0.139 e. The zero-order valence-corrected chi connectivity index (χ0v) is 11.7. The van der Waals surface area contributed by atoms with Crippen molar-refractivity contribution in [2.24, 2.45) is 5.92 Å². The van der Waals surface area contributed by atoms with Crippen LogP contribution in [-0.2, 0) is 0 Å². The number of nitrogens with zero attached hydrogens (tertiary/aromatic N) is 2. The van der Waals surface area contributed by atoms with Crippen LogP contribution < -0.4 is 10.2 Å². The molecule has 0 radical (unpaired) electrons. The summed E-state index contributed by atoms with van der Waals surface area (Å²) in [4.78, 5) is 7.00. The molecule has 2 fully saturated rings. The zero-order valence-electron chi connectivity index (χ0n) is 11.7. The lowest BCUT2D eigenvalue weighted by Gasteiger charge is -2.35. The van der Waals surface area contributed by atoms with Gasteiger partial charge in [0.25, 0.3) is 0 Å². The number of rotatable bonds is 2. The number of nitrogens with one attached hydrogen (secondary N) is 1. The van der Waals surface area contributed by atoms with Crippen LogP contribution in [0.25, 0.3) is 11.0 Å². The summed E-state index contributed by atoms with van der Waals surface area (Å²) in [6.07, 6.45) is 8.86. The van der Waals surface area contributed by atoms with E-state index in [4.69, 9.17) is 4.42 Å². The lowest BCUT2D eigenvalue weighted by molar-refractivity contribution is 0.318. The van der Waals surface area contributed by atoms with E-state index in [0.717, 1.165) is 41.8 Å². The van der Waals surface area contributed by atoms with Crippen molar-refractivity contribution in [3.63, 3.8) is 0 Å². The molecule has 106 valence electrons. The third-order valence-corrected chi connectivity index (χ3v) is 4.87. The number of furan rings is 1. The van der Waals surface area contributed by atoms with E-state index in [0.29, 0.717) is 0 Å². The van der Waals surface area contributed by atoms with Crippen LogP contribution >= 0.6 is 0 Å². The Morgan fingerprint density at radius 2 is 2.10 bits per heavy atom. The molecule has 2 aliphatic rings. The first-order valence-corrected chi connectivity index (χ1v) is 7.72. The Morgan fingerprint density at radius 3 is 2.90 bits per heavy atom. The van der Waals surface area contributed by atoms with Crippen molar-refractivity contribution in [3.05, 3.63) is 24.6 Å². The van der Waals surface area contributed by atoms with Gasteiger partial charge < -0.3 is 14.6 Å². The van der Waals surface area contributed by atoms with Crippen molar-refractivity contribution in [3.8, 4) is 0 Å². The van der Waals surface area contributed by atoms with Gasteiger partial charge in [-0.3, -0.25) is 0 Å². The van der Waals surface area contributed by atoms with Crippen LogP contribution in [0.5, 0.6) is 0 Å². The van der Waals surface area contributed by atoms with Gasteiger partial charge in [-0.1, -0.05) is 0 Å². The molecule has 2 aliphatic heterocycles. The summed E-state index contributed by atoms with van der Waals surface area (Å²) in [5.74, 6) is 1.94. The Balaban J connectivity index is 1.50. The van der Waals surface area contributed by atoms with E-state index < -0.39 is 0 Å². The molecule has 0 aromatic carbocycles. The van der Waals surface area contributed by atoms with Gasteiger partial charge in [-0.2, -0.15) is 0 Å². The topological polar surface area (TPSA) is 41.3 Å². The summed E-state index contributed by atoms with van der Waals surface area (Å²) in [5, 5.41) is 4.80. The SMILES string of the molecule is c1cc2occc2c(N2CCC(C3CCCN3)CC2)n1. The van der Waals surface area contributed by atoms with Crippen LogP contribution in [0.15, 0.2) is 29.0 Å². The van der Waals surface area contributed by atoms with Crippen molar-refractivity contribution in [1.82, 2.24) is 10.3 Å². The third-order valence-electron chi connectivity index (χ3n) is 4.87. The summed E-state index contributed by atoms with van der Waals surface area (Å²) in [7, 11) is 0. The van der Waals surface area contributed by atoms with E-state index in [1.807, 2.05) is 18.3 Å². The van der Waals surface area contributed by atoms with Crippen molar-refractivity contribution in [2.45, 2.75) is 31.7 Å². The Labute approximate surface area is 119 Å². The highest BCUT2D eigenvalue weighted by molar-refractivity contribution is 5.88. The van der Waals surface area contributed by atoms with E-state index in [-0.39, 0.29) is 0 Å². The molecule has 2 aromatic rings. The van der Waals surface area contributed by atoms with E-state index in [2.05, 4.69) is 15.2 Å². The second-order valence-corrected chi connectivity index (χ2v) is 5.99. The van der Waals surface area contributed by atoms with Crippen molar-refractivity contribution in [2.75, 3.05) is 24.5 Å². The first-order valence-electron chi connectivity index (χ1n) is 7.72. The molecular formula is C16H21N3O. The molecule has 4 nitrogen and oxygen atoms in total. The summed E-state index contributed by atoms with van der Waals surface area (Å²) in [6, 6.07) is 4.73. The Hall–Kier alpha value is -1.55. The number of fused-ring (bicyclic) bond motifs is 1. The van der Waals surface area contributed by atoms with Crippen molar-refractivity contribution in [1.29, 1.82) is 0 Å². The van der Waals surface area contributed by atoms with Crippen LogP contribution in [0.3, 0.4) is 0 Å². The second-order valence-electron chi connectivity index (χ2n) is 5.99. The van der Waals surface area contributed by atoms with E-state index >= 15 is 0 Å². The van der Waals surface area contributed by atoms with Gasteiger partial charge in [0.1, 0.15) is 11.4 Å². The zero-order chi connectivity index (χ0) is 13.4. The molecule has 1 unspecified atom stereocenters. The number of hydrogen-bond donors (Lipinski definition) is 1. The minimum absolute atomic E-state index is 0.759. The Bertz CT molecular complexity index is 580. The summed E-state index contributed by atoms with van der Waals surface area (Å²) in [6.45, 7) is 3.43. The summed E-state index contributed by atoms with van der Waals surface area (Å²) >= 11 is 0. The molecule has 0 amide bonds. The Kier molecular flexibility index (Phi) is 3.11. The molecular weight excluding hydrogens is 250 g/mol. The molecule has 4 heterocycles. The predicted molar refractivity (Wildman–Crippen MR) is 80.0 cm³/mol. The number of aromatic nitrogens is 1. The lowest BCUT2D eigenvalue weighted by atomic mass is 9.88. The average Bonchev–Trinajstić information content (AvgIpc) is 3.18. The minimum atomic E-state index is 0.759. The predicted octanol–water partition coefficient (Wildman–Crippen LogP) is 2.80. The summed E-state index contributed by atoms with van der Waals surface area (Å²) < 4.78 is 5.48. The highest BCUT2D eigenvalue weighted by Crippen LogP contribution is 2.31. The lowest BCUT2D eigenvalue weighted by Crippen LogP contribution is -2.41. The second kappa shape index (κ2) is 5.09. The van der Waals surface area contributed by atoms with Gasteiger partial charge in [0.05, 0.1) is 11.6 Å². The molecule has 1 N–H and O–H groups in total. The van der Waals surface area contributed by atoms with Gasteiger partial charge in [-0.25, -0.2) is 4.98 Å². The van der Waals surface area contributed by atoms with Gasteiger partial charge in [0.15, 0.2) is 0 Å². The fraction of sp³-hybridized carbons (Fsp3) is 0.562. The molecule has 1 atom stereocenters. The molecule has 20 heavy (non-hydrogen) atoms.